The van der Waals surface area contributed by atoms with Crippen LogP contribution in [0.4, 0.5) is 0 Å². The molecule has 0 aliphatic rings. The van der Waals surface area contributed by atoms with Crippen molar-refractivity contribution in [1.82, 2.24) is 5.32 Å². The van der Waals surface area contributed by atoms with E-state index >= 15 is 0 Å². The molecule has 0 saturated carbocycles. The summed E-state index contributed by atoms with van der Waals surface area (Å²) in [5, 5.41) is 2.87. The summed E-state index contributed by atoms with van der Waals surface area (Å²) < 4.78 is 10.4. The van der Waals surface area contributed by atoms with Gasteiger partial charge in [-0.25, -0.2) is 0 Å². The van der Waals surface area contributed by atoms with E-state index in [1.807, 2.05) is 12.1 Å². The number of rotatable bonds is 8. The van der Waals surface area contributed by atoms with Gasteiger partial charge in [0.15, 0.2) is 11.5 Å². The van der Waals surface area contributed by atoms with Crippen LogP contribution in [0.25, 0.3) is 0 Å². The predicted octanol–water partition coefficient (Wildman–Crippen LogP) is 1.10. The molecule has 0 aliphatic heterocycles. The maximum Gasteiger partial charge on any atom is 0.224 e. The van der Waals surface area contributed by atoms with Crippen molar-refractivity contribution in [2.24, 2.45) is 5.73 Å². The van der Waals surface area contributed by atoms with Crippen molar-refractivity contribution < 1.29 is 14.3 Å². The number of hydrogen-bond donors (Lipinski definition) is 2. The monoisotopic (exact) mass is 266 g/mol. The van der Waals surface area contributed by atoms with Crippen LogP contribution in [0, 0.1) is 0 Å². The Labute approximate surface area is 114 Å². The van der Waals surface area contributed by atoms with Gasteiger partial charge in [-0.2, -0.15) is 0 Å². The molecule has 1 aromatic rings. The number of hydrogen-bond acceptors (Lipinski definition) is 4. The van der Waals surface area contributed by atoms with Gasteiger partial charge in [0.2, 0.25) is 5.91 Å². The number of amides is 1. The van der Waals surface area contributed by atoms with Crippen LogP contribution in [0.5, 0.6) is 11.5 Å². The molecule has 0 spiro atoms. The summed E-state index contributed by atoms with van der Waals surface area (Å²) in [5.41, 5.74) is 6.29. The van der Waals surface area contributed by atoms with Gasteiger partial charge < -0.3 is 20.5 Å². The zero-order chi connectivity index (χ0) is 14.1. The van der Waals surface area contributed by atoms with E-state index in [1.54, 1.807) is 20.3 Å². The largest absolute Gasteiger partial charge is 0.493 e. The van der Waals surface area contributed by atoms with Gasteiger partial charge in [-0.15, -0.1) is 0 Å². The van der Waals surface area contributed by atoms with E-state index in [-0.39, 0.29) is 5.91 Å². The summed E-state index contributed by atoms with van der Waals surface area (Å²) in [6, 6.07) is 5.48. The highest BCUT2D eigenvalue weighted by Gasteiger charge is 2.07. The molecule has 5 nitrogen and oxygen atoms in total. The molecule has 1 amide bonds. The van der Waals surface area contributed by atoms with Crippen LogP contribution < -0.4 is 20.5 Å². The quantitative estimate of drug-likeness (QED) is 0.691. The Morgan fingerprint density at radius 3 is 2.58 bits per heavy atom. The standard InChI is InChI=1S/C14H22N2O3/c1-18-12-6-5-11(9-13(12)19-2)10-14(17)16-8-4-3-7-15/h5-6,9H,3-4,7-8,10,15H2,1-2H3,(H,16,17). The van der Waals surface area contributed by atoms with Gasteiger partial charge in [0.1, 0.15) is 0 Å². The van der Waals surface area contributed by atoms with Gasteiger partial charge in [0.25, 0.3) is 0 Å². The van der Waals surface area contributed by atoms with Crippen LogP contribution in [0.1, 0.15) is 18.4 Å². The highest BCUT2D eigenvalue weighted by molar-refractivity contribution is 5.78. The molecule has 0 fully saturated rings. The third kappa shape index (κ3) is 5.18. The Hall–Kier alpha value is -1.75. The molecule has 3 N–H and O–H groups in total. The van der Waals surface area contributed by atoms with Crippen molar-refractivity contribution in [1.29, 1.82) is 0 Å². The Bertz CT molecular complexity index is 408. The number of carbonyl (C=O) groups excluding carboxylic acids is 1. The summed E-state index contributed by atoms with van der Waals surface area (Å²) in [5.74, 6) is 1.30. The van der Waals surface area contributed by atoms with Gasteiger partial charge in [-0.05, 0) is 37.1 Å². The molecule has 19 heavy (non-hydrogen) atoms. The lowest BCUT2D eigenvalue weighted by Crippen LogP contribution is -2.26. The fourth-order valence-corrected chi connectivity index (χ4v) is 1.74. The lowest BCUT2D eigenvalue weighted by molar-refractivity contribution is -0.120. The van der Waals surface area contributed by atoms with E-state index in [9.17, 15) is 4.79 Å². The van der Waals surface area contributed by atoms with Crippen LogP contribution >= 0.6 is 0 Å². The summed E-state index contributed by atoms with van der Waals surface area (Å²) in [6.07, 6.45) is 2.17. The van der Waals surface area contributed by atoms with Crippen LogP contribution in [0.2, 0.25) is 0 Å². The Kier molecular flexibility index (Phi) is 6.74. The molecule has 1 rings (SSSR count). The molecule has 0 radical (unpaired) electrons. The van der Waals surface area contributed by atoms with Gasteiger partial charge in [0, 0.05) is 6.54 Å². The number of methoxy groups -OCH3 is 2. The summed E-state index contributed by atoms with van der Waals surface area (Å²) >= 11 is 0. The maximum atomic E-state index is 11.7. The highest BCUT2D eigenvalue weighted by Crippen LogP contribution is 2.27. The summed E-state index contributed by atoms with van der Waals surface area (Å²) in [7, 11) is 3.16. The van der Waals surface area contributed by atoms with E-state index in [0.29, 0.717) is 31.0 Å². The normalized spacial score (nSPS) is 10.1. The van der Waals surface area contributed by atoms with E-state index in [4.69, 9.17) is 15.2 Å². The van der Waals surface area contributed by atoms with Crippen molar-refractivity contribution >= 4 is 5.91 Å². The predicted molar refractivity (Wildman–Crippen MR) is 74.5 cm³/mol. The van der Waals surface area contributed by atoms with E-state index in [0.717, 1.165) is 18.4 Å². The molecule has 0 heterocycles. The second kappa shape index (κ2) is 8.37. The smallest absolute Gasteiger partial charge is 0.224 e. The van der Waals surface area contributed by atoms with Crippen LogP contribution in [-0.2, 0) is 11.2 Å². The first-order valence-corrected chi connectivity index (χ1v) is 6.39. The van der Waals surface area contributed by atoms with E-state index < -0.39 is 0 Å². The number of benzene rings is 1. The number of carbonyl (C=O) groups is 1. The molecule has 0 aromatic heterocycles. The minimum absolute atomic E-state index is 0.00393. The fourth-order valence-electron chi connectivity index (χ4n) is 1.74. The third-order valence-electron chi connectivity index (χ3n) is 2.77. The first-order chi connectivity index (χ1) is 9.21. The van der Waals surface area contributed by atoms with Crippen molar-refractivity contribution in [3.63, 3.8) is 0 Å². The Morgan fingerprint density at radius 2 is 1.95 bits per heavy atom. The van der Waals surface area contributed by atoms with Gasteiger partial charge in [-0.3, -0.25) is 4.79 Å². The average Bonchev–Trinajstić information content (AvgIpc) is 2.43. The lowest BCUT2D eigenvalue weighted by atomic mass is 10.1. The first kappa shape index (κ1) is 15.3. The number of nitrogens with one attached hydrogen (secondary N) is 1. The molecule has 5 heteroatoms. The Morgan fingerprint density at radius 1 is 1.21 bits per heavy atom. The van der Waals surface area contributed by atoms with Gasteiger partial charge in [-0.1, -0.05) is 6.07 Å². The molecule has 0 saturated heterocycles. The molecule has 0 atom stereocenters. The molecule has 1 aromatic carbocycles. The second-order valence-electron chi connectivity index (χ2n) is 4.21. The molecule has 106 valence electrons. The molecule has 0 aliphatic carbocycles. The lowest BCUT2D eigenvalue weighted by Gasteiger charge is -2.09. The molecular formula is C14H22N2O3. The topological polar surface area (TPSA) is 73.6 Å². The number of ether oxygens (including phenoxy) is 2. The third-order valence-corrected chi connectivity index (χ3v) is 2.77. The zero-order valence-corrected chi connectivity index (χ0v) is 11.6. The zero-order valence-electron chi connectivity index (χ0n) is 11.6. The first-order valence-electron chi connectivity index (χ1n) is 6.39. The van der Waals surface area contributed by atoms with Crippen molar-refractivity contribution in [2.75, 3.05) is 27.3 Å². The van der Waals surface area contributed by atoms with Crippen molar-refractivity contribution in [3.8, 4) is 11.5 Å². The van der Waals surface area contributed by atoms with Crippen LogP contribution in [0.15, 0.2) is 18.2 Å². The van der Waals surface area contributed by atoms with Gasteiger partial charge in [0.05, 0.1) is 20.6 Å². The second-order valence-corrected chi connectivity index (χ2v) is 4.21. The SMILES string of the molecule is COc1ccc(CC(=O)NCCCCN)cc1OC. The van der Waals surface area contributed by atoms with Crippen LogP contribution in [0.3, 0.4) is 0 Å². The minimum atomic E-state index is 0.00393. The maximum absolute atomic E-state index is 11.7. The van der Waals surface area contributed by atoms with Crippen molar-refractivity contribution in [3.05, 3.63) is 23.8 Å². The average molecular weight is 266 g/mol. The highest BCUT2D eigenvalue weighted by atomic mass is 16.5. The summed E-state index contributed by atoms with van der Waals surface area (Å²) in [6.45, 7) is 1.33. The summed E-state index contributed by atoms with van der Waals surface area (Å²) in [4.78, 5) is 11.7. The van der Waals surface area contributed by atoms with Crippen LogP contribution in [-0.4, -0.2) is 33.2 Å². The minimum Gasteiger partial charge on any atom is -0.493 e. The molecular weight excluding hydrogens is 244 g/mol. The fraction of sp³-hybridized carbons (Fsp3) is 0.500. The van der Waals surface area contributed by atoms with E-state index in [2.05, 4.69) is 5.32 Å². The Balaban J connectivity index is 2.50. The number of nitrogens with two attached hydrogens (primary N) is 1. The van der Waals surface area contributed by atoms with Crippen molar-refractivity contribution in [2.45, 2.75) is 19.3 Å². The molecule has 0 bridgehead atoms. The molecule has 0 unspecified atom stereocenters. The van der Waals surface area contributed by atoms with E-state index in [1.165, 1.54) is 0 Å². The van der Waals surface area contributed by atoms with Gasteiger partial charge >= 0.3 is 0 Å². The number of unbranched alkanes of at least 4 members (excludes halogenated alkanes) is 1.